The van der Waals surface area contributed by atoms with Crippen LogP contribution in [-0.4, -0.2) is 99.6 Å². The van der Waals surface area contributed by atoms with E-state index in [-0.39, 0.29) is 47.4 Å². The number of carbonyl (C=O) groups excluding carboxylic acids is 2. The molecule has 2 aliphatic heterocycles. The van der Waals surface area contributed by atoms with Crippen molar-refractivity contribution in [2.24, 2.45) is 5.92 Å². The van der Waals surface area contributed by atoms with E-state index in [1.807, 2.05) is 37.3 Å². The fraction of sp³-hybridized carbons (Fsp3) is 0.686. The summed E-state index contributed by atoms with van der Waals surface area (Å²) in [6, 6.07) is 6.01. The third-order valence-electron chi connectivity index (χ3n) is 10.9. The van der Waals surface area contributed by atoms with Gasteiger partial charge in [-0.2, -0.15) is 9.40 Å². The number of piperazine rings is 1. The number of aliphatic hydroxyl groups is 1. The lowest BCUT2D eigenvalue weighted by Crippen LogP contribution is -2.75. The highest BCUT2D eigenvalue weighted by molar-refractivity contribution is 7.89. The molecule has 3 heterocycles. The van der Waals surface area contributed by atoms with Crippen molar-refractivity contribution in [2.45, 2.75) is 122 Å². The Morgan fingerprint density at radius 1 is 1.00 bits per heavy atom. The van der Waals surface area contributed by atoms with Crippen molar-refractivity contribution in [1.29, 1.82) is 0 Å². The van der Waals surface area contributed by atoms with Gasteiger partial charge in [-0.05, 0) is 76.1 Å². The summed E-state index contributed by atoms with van der Waals surface area (Å²) in [4.78, 5) is 32.3. The Labute approximate surface area is 305 Å². The first kappa shape index (κ1) is 41.2. The molecule has 1 aromatic carbocycles. The lowest BCUT2D eigenvalue weighted by atomic mass is 9.78. The average Bonchev–Trinajstić information content (AvgIpc) is 3.36. The number of piperidine rings is 1. The number of nitrogens with one attached hydrogen (secondary N) is 1. The summed E-state index contributed by atoms with van der Waals surface area (Å²) in [5.74, 6) is -0.208. The summed E-state index contributed by atoms with van der Waals surface area (Å²) in [6.45, 7) is 13.1. The summed E-state index contributed by atoms with van der Waals surface area (Å²) >= 11 is 0. The number of likely N-dealkylation sites (tertiary alicyclic amines) is 1. The molecule has 276 valence electrons. The van der Waals surface area contributed by atoms with E-state index in [1.165, 1.54) is 4.31 Å². The van der Waals surface area contributed by atoms with Crippen LogP contribution in [0, 0.1) is 19.8 Å². The number of unbranched alkanes of at least 4 members (excludes halogenated alkanes) is 1. The molecule has 1 saturated carbocycles. The molecule has 0 unspecified atom stereocenters. The number of aryl methyl sites for hydroxylation is 1. The van der Waals surface area contributed by atoms with Crippen LogP contribution in [0.2, 0.25) is 0 Å². The van der Waals surface area contributed by atoms with Crippen LogP contribution in [0.25, 0.3) is 5.69 Å². The second kappa shape index (κ2) is 17.3. The number of hydrogen-bond donors (Lipinski definition) is 2. The van der Waals surface area contributed by atoms with Crippen molar-refractivity contribution in [3.05, 3.63) is 41.2 Å². The van der Waals surface area contributed by atoms with Gasteiger partial charge in [0.1, 0.15) is 11.6 Å². The van der Waals surface area contributed by atoms with Crippen molar-refractivity contribution >= 4 is 46.7 Å². The second-order valence-electron chi connectivity index (χ2n) is 13.6. The van der Waals surface area contributed by atoms with Gasteiger partial charge in [-0.25, -0.2) is 13.1 Å². The van der Waals surface area contributed by atoms with E-state index in [9.17, 15) is 23.1 Å². The van der Waals surface area contributed by atoms with Crippen molar-refractivity contribution in [1.82, 2.24) is 29.2 Å². The van der Waals surface area contributed by atoms with E-state index < -0.39 is 27.7 Å². The van der Waals surface area contributed by atoms with E-state index in [4.69, 9.17) is 5.10 Å². The Bertz CT molecular complexity index is 1520. The smallest absolute Gasteiger partial charge is 0.248 e. The van der Waals surface area contributed by atoms with E-state index in [2.05, 4.69) is 17.1 Å². The summed E-state index contributed by atoms with van der Waals surface area (Å²) in [5, 5.41) is 19.1. The molecule has 0 bridgehead atoms. The SMILES string of the molecule is CCCCN1C(=O)[C@@H]([C@H](O)C2CCCCC2)NC(=O)C12CCN(Cc1c(C)nn(-c3ccc(S(=O)(=O)N(CC)CC)cc3)c1C)CC2.Cl.Cl. The quantitative estimate of drug-likeness (QED) is 0.321. The molecule has 2 amide bonds. The Hall–Kier alpha value is -2.22. The van der Waals surface area contributed by atoms with Crippen LogP contribution in [-0.2, 0) is 26.2 Å². The second-order valence-corrected chi connectivity index (χ2v) is 15.6. The molecule has 3 fully saturated rings. The van der Waals surface area contributed by atoms with Gasteiger partial charge in [0.15, 0.2) is 0 Å². The molecule has 0 radical (unpaired) electrons. The van der Waals surface area contributed by atoms with Gasteiger partial charge in [-0.15, -0.1) is 24.8 Å². The Morgan fingerprint density at radius 2 is 1.61 bits per heavy atom. The lowest BCUT2D eigenvalue weighted by Gasteiger charge is -2.52. The van der Waals surface area contributed by atoms with Gasteiger partial charge in [-0.3, -0.25) is 14.5 Å². The Balaban J connectivity index is 0.00000325. The first-order valence-electron chi connectivity index (χ1n) is 17.7. The fourth-order valence-electron chi connectivity index (χ4n) is 7.89. The molecule has 14 heteroatoms. The van der Waals surface area contributed by atoms with E-state index in [0.717, 1.165) is 67.6 Å². The monoisotopic (exact) mass is 742 g/mol. The lowest BCUT2D eigenvalue weighted by molar-refractivity contribution is -0.166. The average molecular weight is 744 g/mol. The minimum atomic E-state index is -3.54. The van der Waals surface area contributed by atoms with Gasteiger partial charge in [0.25, 0.3) is 0 Å². The standard InChI is InChI=1S/C35H54N6O5S.2ClH/c1-6-9-21-40-33(43)31(32(42)27-13-11-10-12-14-27)36-34(44)35(40)19-22-38(23-20-35)24-30-25(4)37-41(26(30)5)28-15-17-29(18-16-28)47(45,46)39(7-2)8-3;;/h15-18,27,31-32,42H,6-14,19-24H2,1-5H3,(H,36,44);2*1H/t31-,32-;;/m1../s1. The van der Waals surface area contributed by atoms with Gasteiger partial charge >= 0.3 is 0 Å². The summed E-state index contributed by atoms with van der Waals surface area (Å²) in [6.07, 6.45) is 7.03. The van der Waals surface area contributed by atoms with Crippen LogP contribution in [0.5, 0.6) is 0 Å². The fourth-order valence-corrected chi connectivity index (χ4v) is 9.35. The number of rotatable bonds is 12. The topological polar surface area (TPSA) is 128 Å². The number of carbonyl (C=O) groups is 2. The third kappa shape index (κ3) is 8.15. The maximum absolute atomic E-state index is 14.0. The summed E-state index contributed by atoms with van der Waals surface area (Å²) < 4.78 is 29.2. The number of hydrogen-bond acceptors (Lipinski definition) is 7. The number of aromatic nitrogens is 2. The number of sulfonamides is 1. The molecule has 1 aliphatic carbocycles. The highest BCUT2D eigenvalue weighted by Crippen LogP contribution is 2.37. The van der Waals surface area contributed by atoms with Crippen LogP contribution in [0.4, 0.5) is 0 Å². The molecule has 3 aliphatic rings. The van der Waals surface area contributed by atoms with Gasteiger partial charge in [0.2, 0.25) is 21.8 Å². The van der Waals surface area contributed by atoms with Crippen LogP contribution in [0.15, 0.2) is 29.2 Å². The molecule has 2 aromatic rings. The van der Waals surface area contributed by atoms with Crippen molar-refractivity contribution < 1.29 is 23.1 Å². The molecule has 5 rings (SSSR count). The zero-order chi connectivity index (χ0) is 33.9. The number of amides is 2. The first-order valence-corrected chi connectivity index (χ1v) is 19.1. The molecule has 1 aromatic heterocycles. The maximum atomic E-state index is 14.0. The molecular formula is C35H56Cl2N6O5S. The zero-order valence-electron chi connectivity index (χ0n) is 29.7. The molecular weight excluding hydrogens is 687 g/mol. The number of halogens is 2. The molecule has 2 saturated heterocycles. The Kier molecular flexibility index (Phi) is 14.6. The number of benzene rings is 1. The van der Waals surface area contributed by atoms with E-state index >= 15 is 0 Å². The molecule has 2 atom stereocenters. The predicted molar refractivity (Wildman–Crippen MR) is 196 cm³/mol. The highest BCUT2D eigenvalue weighted by Gasteiger charge is 2.55. The van der Waals surface area contributed by atoms with Crippen LogP contribution in [0.3, 0.4) is 0 Å². The molecule has 49 heavy (non-hydrogen) atoms. The maximum Gasteiger partial charge on any atom is 0.248 e. The first-order chi connectivity index (χ1) is 22.5. The number of aliphatic hydroxyl groups excluding tert-OH is 1. The van der Waals surface area contributed by atoms with Crippen molar-refractivity contribution in [3.8, 4) is 5.69 Å². The van der Waals surface area contributed by atoms with Gasteiger partial charge in [0, 0.05) is 50.5 Å². The Morgan fingerprint density at radius 3 is 2.18 bits per heavy atom. The van der Waals surface area contributed by atoms with E-state index in [0.29, 0.717) is 52.1 Å². The van der Waals surface area contributed by atoms with Gasteiger partial charge in [-0.1, -0.05) is 46.5 Å². The van der Waals surface area contributed by atoms with Gasteiger partial charge in [0.05, 0.1) is 22.4 Å². The summed E-state index contributed by atoms with van der Waals surface area (Å²) in [7, 11) is -3.54. The zero-order valence-corrected chi connectivity index (χ0v) is 32.1. The third-order valence-corrected chi connectivity index (χ3v) is 13.0. The normalized spacial score (nSPS) is 21.0. The van der Waals surface area contributed by atoms with E-state index in [1.54, 1.807) is 24.3 Å². The van der Waals surface area contributed by atoms with Crippen LogP contribution in [0.1, 0.15) is 95.5 Å². The van der Waals surface area contributed by atoms with Crippen molar-refractivity contribution in [2.75, 3.05) is 32.7 Å². The van der Waals surface area contributed by atoms with Crippen molar-refractivity contribution in [3.63, 3.8) is 0 Å². The largest absolute Gasteiger partial charge is 0.390 e. The summed E-state index contributed by atoms with van der Waals surface area (Å²) in [5.41, 5.74) is 2.88. The predicted octanol–water partition coefficient (Wildman–Crippen LogP) is 4.77. The molecule has 1 spiro atoms. The highest BCUT2D eigenvalue weighted by atomic mass is 35.5. The van der Waals surface area contributed by atoms with Crippen LogP contribution >= 0.6 is 24.8 Å². The van der Waals surface area contributed by atoms with Gasteiger partial charge < -0.3 is 15.3 Å². The van der Waals surface area contributed by atoms with Crippen LogP contribution < -0.4 is 5.32 Å². The minimum Gasteiger partial charge on any atom is -0.390 e. The molecule has 2 N–H and O–H groups in total. The minimum absolute atomic E-state index is 0. The molecule has 11 nitrogen and oxygen atoms in total. The number of nitrogens with zero attached hydrogens (tertiary/aromatic N) is 5.